The van der Waals surface area contributed by atoms with Gasteiger partial charge < -0.3 is 5.32 Å². The van der Waals surface area contributed by atoms with Crippen molar-refractivity contribution in [1.82, 2.24) is 5.32 Å². The maximum atomic E-state index is 11.9. The monoisotopic (exact) mass is 330 g/mol. The van der Waals surface area contributed by atoms with Gasteiger partial charge in [-0.25, -0.2) is 0 Å². The van der Waals surface area contributed by atoms with Crippen molar-refractivity contribution in [1.29, 1.82) is 0 Å². The van der Waals surface area contributed by atoms with Crippen LogP contribution >= 0.6 is 11.8 Å². The van der Waals surface area contributed by atoms with E-state index in [2.05, 4.69) is 12.2 Å². The van der Waals surface area contributed by atoms with Crippen LogP contribution in [-0.2, 0) is 4.79 Å². The molecule has 2 aromatic carbocycles. The minimum atomic E-state index is -0.438. The lowest BCUT2D eigenvalue weighted by molar-refractivity contribution is -0.384. The van der Waals surface area contributed by atoms with E-state index in [9.17, 15) is 14.9 Å². The van der Waals surface area contributed by atoms with Gasteiger partial charge in [0.25, 0.3) is 5.69 Å². The minimum Gasteiger partial charge on any atom is -0.355 e. The first-order chi connectivity index (χ1) is 11.1. The van der Waals surface area contributed by atoms with Gasteiger partial charge in [-0.05, 0) is 23.6 Å². The number of hydrogen-bond donors (Lipinski definition) is 1. The van der Waals surface area contributed by atoms with Gasteiger partial charge in [0, 0.05) is 23.6 Å². The maximum absolute atomic E-state index is 11.9. The lowest BCUT2D eigenvalue weighted by Gasteiger charge is -2.13. The quantitative estimate of drug-likeness (QED) is 0.478. The molecule has 120 valence electrons. The third-order valence-corrected chi connectivity index (χ3v) is 4.40. The van der Waals surface area contributed by atoms with Crippen LogP contribution < -0.4 is 5.32 Å². The van der Waals surface area contributed by atoms with Gasteiger partial charge in [-0.1, -0.05) is 37.3 Å². The highest BCUT2D eigenvalue weighted by molar-refractivity contribution is 8.00. The number of nitro benzene ring substituents is 1. The van der Waals surface area contributed by atoms with E-state index in [4.69, 9.17) is 0 Å². The summed E-state index contributed by atoms with van der Waals surface area (Å²) in [6.45, 7) is 2.66. The first kappa shape index (κ1) is 17.0. The summed E-state index contributed by atoms with van der Waals surface area (Å²) in [5.41, 5.74) is 1.24. The van der Waals surface area contributed by atoms with Crippen molar-refractivity contribution < 1.29 is 9.72 Å². The lowest BCUT2D eigenvalue weighted by Crippen LogP contribution is -2.28. The van der Waals surface area contributed by atoms with Crippen LogP contribution in [0.15, 0.2) is 59.5 Å². The highest BCUT2D eigenvalue weighted by atomic mass is 32.2. The maximum Gasteiger partial charge on any atom is 0.269 e. The molecule has 0 bridgehead atoms. The van der Waals surface area contributed by atoms with E-state index in [1.54, 1.807) is 12.1 Å². The van der Waals surface area contributed by atoms with Crippen LogP contribution in [0, 0.1) is 10.1 Å². The van der Waals surface area contributed by atoms with Gasteiger partial charge in [-0.3, -0.25) is 14.9 Å². The fourth-order valence-electron chi connectivity index (χ4n) is 2.03. The van der Waals surface area contributed by atoms with Crippen molar-refractivity contribution in [2.45, 2.75) is 17.7 Å². The fraction of sp³-hybridized carbons (Fsp3) is 0.235. The molecule has 5 nitrogen and oxygen atoms in total. The topological polar surface area (TPSA) is 72.2 Å². The van der Waals surface area contributed by atoms with Gasteiger partial charge >= 0.3 is 0 Å². The molecule has 6 heteroatoms. The van der Waals surface area contributed by atoms with E-state index >= 15 is 0 Å². The van der Waals surface area contributed by atoms with Crippen molar-refractivity contribution in [3.05, 3.63) is 70.3 Å². The van der Waals surface area contributed by atoms with Crippen LogP contribution in [0.3, 0.4) is 0 Å². The second-order valence-electron chi connectivity index (χ2n) is 5.16. The van der Waals surface area contributed by atoms with Gasteiger partial charge in [0.05, 0.1) is 10.7 Å². The van der Waals surface area contributed by atoms with E-state index in [-0.39, 0.29) is 17.5 Å². The predicted octanol–water partition coefficient (Wildman–Crippen LogP) is 3.61. The molecule has 1 atom stereocenters. The van der Waals surface area contributed by atoms with Crippen LogP contribution in [0.1, 0.15) is 18.4 Å². The Hall–Kier alpha value is -2.34. The highest BCUT2D eigenvalue weighted by Gasteiger charge is 2.09. The summed E-state index contributed by atoms with van der Waals surface area (Å²) in [6.07, 6.45) is 0. The van der Waals surface area contributed by atoms with Gasteiger partial charge in [-0.15, -0.1) is 11.8 Å². The zero-order valence-electron chi connectivity index (χ0n) is 12.8. The number of nitrogens with one attached hydrogen (secondary N) is 1. The summed E-state index contributed by atoms with van der Waals surface area (Å²) in [7, 11) is 0. The molecule has 0 aliphatic rings. The fourth-order valence-corrected chi connectivity index (χ4v) is 2.76. The number of benzene rings is 2. The van der Waals surface area contributed by atoms with Gasteiger partial charge in [0.1, 0.15) is 0 Å². The van der Waals surface area contributed by atoms with Crippen molar-refractivity contribution in [3.8, 4) is 0 Å². The molecule has 1 amide bonds. The van der Waals surface area contributed by atoms with Crippen LogP contribution in [-0.4, -0.2) is 23.1 Å². The van der Waals surface area contributed by atoms with E-state index < -0.39 is 4.92 Å². The summed E-state index contributed by atoms with van der Waals surface area (Å²) >= 11 is 1.36. The second-order valence-corrected chi connectivity index (χ2v) is 6.20. The highest BCUT2D eigenvalue weighted by Crippen LogP contribution is 2.21. The Morgan fingerprint density at radius 2 is 1.83 bits per heavy atom. The Labute approximate surface area is 139 Å². The molecule has 0 saturated carbocycles. The van der Waals surface area contributed by atoms with Gasteiger partial charge in [-0.2, -0.15) is 0 Å². The first-order valence-electron chi connectivity index (χ1n) is 7.25. The Morgan fingerprint density at radius 3 is 2.43 bits per heavy atom. The average molecular weight is 330 g/mol. The van der Waals surface area contributed by atoms with E-state index in [0.717, 1.165) is 4.90 Å². The Balaban J connectivity index is 1.75. The number of rotatable bonds is 7. The summed E-state index contributed by atoms with van der Waals surface area (Å²) in [5.74, 6) is 0.500. The molecule has 0 unspecified atom stereocenters. The molecule has 0 spiro atoms. The van der Waals surface area contributed by atoms with E-state index in [1.807, 2.05) is 30.3 Å². The molecule has 0 heterocycles. The molecule has 0 radical (unpaired) electrons. The summed E-state index contributed by atoms with van der Waals surface area (Å²) in [6, 6.07) is 16.2. The second kappa shape index (κ2) is 8.33. The minimum absolute atomic E-state index is 0.0452. The van der Waals surface area contributed by atoms with Crippen LogP contribution in [0.25, 0.3) is 0 Å². The van der Waals surface area contributed by atoms with Crippen LogP contribution in [0.2, 0.25) is 0 Å². The number of thioether (sulfide) groups is 1. The summed E-state index contributed by atoms with van der Waals surface area (Å²) in [4.78, 5) is 22.9. The summed E-state index contributed by atoms with van der Waals surface area (Å²) < 4.78 is 0. The molecule has 0 aromatic heterocycles. The third-order valence-electron chi connectivity index (χ3n) is 3.39. The zero-order valence-corrected chi connectivity index (χ0v) is 13.6. The number of carbonyl (C=O) groups excluding carboxylic acids is 1. The number of non-ortho nitro benzene ring substituents is 1. The van der Waals surface area contributed by atoms with Crippen LogP contribution in [0.4, 0.5) is 5.69 Å². The molecule has 0 aliphatic heterocycles. The van der Waals surface area contributed by atoms with Crippen molar-refractivity contribution in [2.75, 3.05) is 12.3 Å². The van der Waals surface area contributed by atoms with Crippen molar-refractivity contribution >= 4 is 23.4 Å². The van der Waals surface area contributed by atoms with Gasteiger partial charge in [0.2, 0.25) is 5.91 Å². The van der Waals surface area contributed by atoms with E-state index in [0.29, 0.717) is 12.3 Å². The number of hydrogen-bond acceptors (Lipinski definition) is 4. The molecule has 0 fully saturated rings. The molecule has 1 N–H and O–H groups in total. The largest absolute Gasteiger partial charge is 0.355 e. The summed E-state index contributed by atoms with van der Waals surface area (Å²) in [5, 5.41) is 13.5. The molecular weight excluding hydrogens is 312 g/mol. The van der Waals surface area contributed by atoms with Crippen LogP contribution in [0.5, 0.6) is 0 Å². The normalized spacial score (nSPS) is 11.7. The Bertz CT molecular complexity index is 659. The number of nitro groups is 1. The number of amides is 1. The van der Waals surface area contributed by atoms with Crippen molar-refractivity contribution in [3.63, 3.8) is 0 Å². The SMILES string of the molecule is C[C@@H](CNC(=O)CSc1ccc([N+](=O)[O-])cc1)c1ccccc1. The Morgan fingerprint density at radius 1 is 1.17 bits per heavy atom. The molecule has 2 rings (SSSR count). The lowest BCUT2D eigenvalue weighted by atomic mass is 10.0. The predicted molar refractivity (Wildman–Crippen MR) is 91.7 cm³/mol. The smallest absolute Gasteiger partial charge is 0.269 e. The average Bonchev–Trinajstić information content (AvgIpc) is 2.59. The van der Waals surface area contributed by atoms with Crippen molar-refractivity contribution in [2.24, 2.45) is 0 Å². The van der Waals surface area contributed by atoms with E-state index in [1.165, 1.54) is 29.5 Å². The first-order valence-corrected chi connectivity index (χ1v) is 8.23. The Kier molecular flexibility index (Phi) is 6.17. The zero-order chi connectivity index (χ0) is 16.7. The third kappa shape index (κ3) is 5.41. The standard InChI is InChI=1S/C17H18N2O3S/c1-13(14-5-3-2-4-6-14)11-18-17(20)12-23-16-9-7-15(8-10-16)19(21)22/h2-10,13H,11-12H2,1H3,(H,18,20)/t13-/m0/s1. The molecule has 0 saturated heterocycles. The number of carbonyl (C=O) groups is 1. The number of nitrogens with zero attached hydrogens (tertiary/aromatic N) is 1. The molecule has 2 aromatic rings. The molecule has 23 heavy (non-hydrogen) atoms. The molecule has 0 aliphatic carbocycles. The van der Waals surface area contributed by atoms with Gasteiger partial charge in [0.15, 0.2) is 0 Å². The molecular formula is C17H18N2O3S.